The maximum atomic E-state index is 12.6. The second-order valence-electron chi connectivity index (χ2n) is 4.81. The molecule has 0 atom stereocenters. The Balaban J connectivity index is 2.04. The van der Waals surface area contributed by atoms with Gasteiger partial charge in [-0.25, -0.2) is 0 Å². The fourth-order valence-electron chi connectivity index (χ4n) is 2.33. The first-order valence-corrected chi connectivity index (χ1v) is 7.59. The topological polar surface area (TPSA) is 46.3 Å². The van der Waals surface area contributed by atoms with Crippen molar-refractivity contribution in [2.75, 3.05) is 12.3 Å². The number of anilines is 1. The van der Waals surface area contributed by atoms with Crippen LogP contribution in [0.4, 0.5) is 5.69 Å². The number of halogens is 1. The molecule has 0 spiro atoms. The molecule has 1 aliphatic rings. The molecule has 0 radical (unpaired) electrons. The molecule has 1 fully saturated rings. The number of nitrogens with zero attached hydrogens (tertiary/aromatic N) is 1. The van der Waals surface area contributed by atoms with E-state index in [1.165, 1.54) is 11.3 Å². The van der Waals surface area contributed by atoms with Gasteiger partial charge in [-0.3, -0.25) is 4.79 Å². The average molecular weight is 295 g/mol. The highest BCUT2D eigenvalue weighted by atomic mass is 35.5. The summed E-state index contributed by atoms with van der Waals surface area (Å²) in [6.45, 7) is 2.74. The van der Waals surface area contributed by atoms with Crippen LogP contribution in [0.25, 0.3) is 10.1 Å². The van der Waals surface area contributed by atoms with Gasteiger partial charge in [0.15, 0.2) is 0 Å². The quantitative estimate of drug-likeness (QED) is 0.937. The van der Waals surface area contributed by atoms with Gasteiger partial charge >= 0.3 is 0 Å². The zero-order valence-corrected chi connectivity index (χ0v) is 12.2. The Kier molecular flexibility index (Phi) is 3.15. The van der Waals surface area contributed by atoms with E-state index >= 15 is 0 Å². The second kappa shape index (κ2) is 4.69. The van der Waals surface area contributed by atoms with Crippen molar-refractivity contribution in [1.82, 2.24) is 4.90 Å². The molecule has 2 aromatic rings. The van der Waals surface area contributed by atoms with Gasteiger partial charge in [0, 0.05) is 27.7 Å². The normalized spacial score (nSPS) is 14.8. The first-order chi connectivity index (χ1) is 9.11. The molecule has 0 saturated heterocycles. The van der Waals surface area contributed by atoms with Crippen LogP contribution in [0.2, 0.25) is 5.02 Å². The predicted octanol–water partition coefficient (Wildman–Crippen LogP) is 3.76. The minimum absolute atomic E-state index is 0.0554. The van der Waals surface area contributed by atoms with Crippen LogP contribution in [0.15, 0.2) is 18.2 Å². The van der Waals surface area contributed by atoms with E-state index in [4.69, 9.17) is 17.3 Å². The molecule has 19 heavy (non-hydrogen) atoms. The molecule has 0 bridgehead atoms. The van der Waals surface area contributed by atoms with Crippen LogP contribution in [0.1, 0.15) is 29.4 Å². The van der Waals surface area contributed by atoms with Crippen LogP contribution >= 0.6 is 22.9 Å². The lowest BCUT2D eigenvalue weighted by atomic mass is 10.2. The van der Waals surface area contributed by atoms with Gasteiger partial charge in [0.1, 0.15) is 4.88 Å². The lowest BCUT2D eigenvalue weighted by Crippen LogP contribution is -2.32. The maximum Gasteiger partial charge on any atom is 0.266 e. The number of carbonyl (C=O) groups excluding carboxylic acids is 1. The van der Waals surface area contributed by atoms with Crippen molar-refractivity contribution >= 4 is 44.6 Å². The molecule has 100 valence electrons. The summed E-state index contributed by atoms with van der Waals surface area (Å²) in [6.07, 6.45) is 2.21. The van der Waals surface area contributed by atoms with Gasteiger partial charge in [0.2, 0.25) is 0 Å². The SMILES string of the molecule is CCN(C(=O)c1sc2cc(Cl)ccc2c1N)C1CC1. The number of hydrogen-bond acceptors (Lipinski definition) is 3. The van der Waals surface area contributed by atoms with Crippen molar-refractivity contribution in [1.29, 1.82) is 0 Å². The smallest absolute Gasteiger partial charge is 0.266 e. The van der Waals surface area contributed by atoms with Gasteiger partial charge in [0.05, 0.1) is 5.69 Å². The molecule has 1 saturated carbocycles. The Morgan fingerprint density at radius 1 is 1.53 bits per heavy atom. The molecule has 3 rings (SSSR count). The van der Waals surface area contributed by atoms with Gasteiger partial charge < -0.3 is 10.6 Å². The Hall–Kier alpha value is -1.26. The number of fused-ring (bicyclic) bond motifs is 1. The molecule has 1 aromatic carbocycles. The molecule has 3 nitrogen and oxygen atoms in total. The molecule has 1 aliphatic carbocycles. The Morgan fingerprint density at radius 3 is 2.89 bits per heavy atom. The number of hydrogen-bond donors (Lipinski definition) is 1. The van der Waals surface area contributed by atoms with Crippen molar-refractivity contribution in [3.63, 3.8) is 0 Å². The fourth-order valence-corrected chi connectivity index (χ4v) is 3.69. The second-order valence-corrected chi connectivity index (χ2v) is 6.30. The van der Waals surface area contributed by atoms with E-state index in [1.54, 1.807) is 6.07 Å². The summed E-state index contributed by atoms with van der Waals surface area (Å²) in [7, 11) is 0. The zero-order chi connectivity index (χ0) is 13.6. The highest BCUT2D eigenvalue weighted by molar-refractivity contribution is 7.21. The summed E-state index contributed by atoms with van der Waals surface area (Å²) in [4.78, 5) is 15.1. The Labute approximate surface area is 121 Å². The summed E-state index contributed by atoms with van der Waals surface area (Å²) in [6, 6.07) is 5.96. The lowest BCUT2D eigenvalue weighted by molar-refractivity contribution is 0.0758. The molecule has 0 aliphatic heterocycles. The number of rotatable bonds is 3. The van der Waals surface area contributed by atoms with Crippen molar-refractivity contribution < 1.29 is 4.79 Å². The number of nitrogen functional groups attached to an aromatic ring is 1. The number of amides is 1. The van der Waals surface area contributed by atoms with E-state index < -0.39 is 0 Å². The van der Waals surface area contributed by atoms with Crippen LogP contribution < -0.4 is 5.73 Å². The number of thiophene rings is 1. The molecular formula is C14H15ClN2OS. The molecule has 1 heterocycles. The van der Waals surface area contributed by atoms with E-state index in [0.717, 1.165) is 29.5 Å². The average Bonchev–Trinajstić information content (AvgIpc) is 3.15. The maximum absolute atomic E-state index is 12.6. The first kappa shape index (κ1) is 12.8. The summed E-state index contributed by atoms with van der Waals surface area (Å²) in [5.74, 6) is 0.0554. The Morgan fingerprint density at radius 2 is 2.26 bits per heavy atom. The minimum atomic E-state index is 0.0554. The van der Waals surface area contributed by atoms with Gasteiger partial charge in [-0.1, -0.05) is 11.6 Å². The first-order valence-electron chi connectivity index (χ1n) is 6.40. The summed E-state index contributed by atoms with van der Waals surface area (Å²) in [5.41, 5.74) is 6.71. The largest absolute Gasteiger partial charge is 0.397 e. The van der Waals surface area contributed by atoms with Crippen LogP contribution in [0, 0.1) is 0 Å². The highest BCUT2D eigenvalue weighted by Gasteiger charge is 2.33. The number of carbonyl (C=O) groups is 1. The summed E-state index contributed by atoms with van der Waals surface area (Å²) in [5, 5.41) is 1.59. The molecule has 1 amide bonds. The minimum Gasteiger partial charge on any atom is -0.397 e. The van der Waals surface area contributed by atoms with E-state index in [0.29, 0.717) is 21.6 Å². The molecular weight excluding hydrogens is 280 g/mol. The van der Waals surface area contributed by atoms with Gasteiger partial charge in [-0.05, 0) is 38.0 Å². The van der Waals surface area contributed by atoms with Crippen LogP contribution in [-0.2, 0) is 0 Å². The van der Waals surface area contributed by atoms with Gasteiger partial charge in [-0.15, -0.1) is 11.3 Å². The van der Waals surface area contributed by atoms with Crippen molar-refractivity contribution in [3.05, 3.63) is 28.1 Å². The Bertz CT molecular complexity index is 648. The number of nitrogens with two attached hydrogens (primary N) is 1. The van der Waals surface area contributed by atoms with Crippen molar-refractivity contribution in [2.45, 2.75) is 25.8 Å². The van der Waals surface area contributed by atoms with Crippen molar-refractivity contribution in [2.24, 2.45) is 0 Å². The fraction of sp³-hybridized carbons (Fsp3) is 0.357. The molecule has 5 heteroatoms. The van der Waals surface area contributed by atoms with Crippen LogP contribution in [0.3, 0.4) is 0 Å². The molecule has 1 aromatic heterocycles. The molecule has 0 unspecified atom stereocenters. The van der Waals surface area contributed by atoms with Crippen LogP contribution in [-0.4, -0.2) is 23.4 Å². The lowest BCUT2D eigenvalue weighted by Gasteiger charge is -2.19. The monoisotopic (exact) mass is 294 g/mol. The summed E-state index contributed by atoms with van der Waals surface area (Å²) >= 11 is 7.42. The van der Waals surface area contributed by atoms with Crippen LogP contribution in [0.5, 0.6) is 0 Å². The van der Waals surface area contributed by atoms with E-state index in [-0.39, 0.29) is 5.91 Å². The van der Waals surface area contributed by atoms with Crippen molar-refractivity contribution in [3.8, 4) is 0 Å². The van der Waals surface area contributed by atoms with Gasteiger partial charge in [0.25, 0.3) is 5.91 Å². The highest BCUT2D eigenvalue weighted by Crippen LogP contribution is 2.37. The van der Waals surface area contributed by atoms with Gasteiger partial charge in [-0.2, -0.15) is 0 Å². The van der Waals surface area contributed by atoms with E-state index in [2.05, 4.69) is 0 Å². The zero-order valence-electron chi connectivity index (χ0n) is 10.6. The van der Waals surface area contributed by atoms with E-state index in [1.807, 2.05) is 24.0 Å². The third kappa shape index (κ3) is 2.19. The molecule has 2 N–H and O–H groups in total. The van der Waals surface area contributed by atoms with E-state index in [9.17, 15) is 4.79 Å². The number of benzene rings is 1. The standard InChI is InChI=1S/C14H15ClN2OS/c1-2-17(9-4-5-9)14(18)13-12(16)10-6-3-8(15)7-11(10)19-13/h3,6-7,9H,2,4-5,16H2,1H3. The third-order valence-electron chi connectivity index (χ3n) is 3.47. The predicted molar refractivity (Wildman–Crippen MR) is 81.0 cm³/mol. The summed E-state index contributed by atoms with van der Waals surface area (Å²) < 4.78 is 0.972. The third-order valence-corrected chi connectivity index (χ3v) is 4.87.